The van der Waals surface area contributed by atoms with Gasteiger partial charge in [-0.2, -0.15) is 0 Å². The van der Waals surface area contributed by atoms with Gasteiger partial charge >= 0.3 is 0 Å². The summed E-state index contributed by atoms with van der Waals surface area (Å²) in [4.78, 5) is 40.8. The number of carbonyl (C=O) groups excluding carboxylic acids is 2. The highest BCUT2D eigenvalue weighted by Gasteiger charge is 2.26. The minimum Gasteiger partial charge on any atom is -0.345 e. The Morgan fingerprint density at radius 1 is 1.02 bits per heavy atom. The minimum absolute atomic E-state index is 0.147. The average molecular weight is 541 g/mol. The largest absolute Gasteiger partial charge is 0.345 e. The summed E-state index contributed by atoms with van der Waals surface area (Å²) < 4.78 is 14.4. The number of rotatable bonds is 7. The van der Waals surface area contributed by atoms with Crippen LogP contribution in [0.4, 0.5) is 10.1 Å². The lowest BCUT2D eigenvalue weighted by Gasteiger charge is -2.36. The molecule has 5 rings (SSSR count). The van der Waals surface area contributed by atoms with Crippen molar-refractivity contribution in [3.05, 3.63) is 94.6 Å². The van der Waals surface area contributed by atoms with Crippen molar-refractivity contribution in [2.24, 2.45) is 4.99 Å². The molecule has 8 nitrogen and oxygen atoms in total. The number of nitrogens with zero attached hydrogens (tertiary/aromatic N) is 4. The Hall–Kier alpha value is -4.24. The van der Waals surface area contributed by atoms with Crippen LogP contribution in [0.5, 0.6) is 0 Å². The molecule has 0 aliphatic carbocycles. The van der Waals surface area contributed by atoms with E-state index in [-0.39, 0.29) is 23.6 Å². The Bertz CT molecular complexity index is 1520. The molecule has 3 aromatic rings. The molecule has 0 atom stereocenters. The number of alkyl halides is 1. The lowest BCUT2D eigenvalue weighted by molar-refractivity contribution is 0.0852. The molecule has 2 amide bonds. The monoisotopic (exact) mass is 540 g/mol. The normalized spacial score (nSPS) is 16.0. The molecule has 2 aromatic heterocycles. The van der Waals surface area contributed by atoms with Crippen molar-refractivity contribution in [1.29, 1.82) is 0 Å². The van der Waals surface area contributed by atoms with Crippen LogP contribution in [-0.2, 0) is 5.67 Å². The Morgan fingerprint density at radius 3 is 2.55 bits per heavy atom. The summed E-state index contributed by atoms with van der Waals surface area (Å²) in [5.41, 5.74) is 4.67. The highest BCUT2D eigenvalue weighted by molar-refractivity contribution is 6.14. The summed E-state index contributed by atoms with van der Waals surface area (Å²) in [6, 6.07) is 12.6. The number of hydrogen-bond donors (Lipinski definition) is 2. The molecular formula is C31H33FN6O2. The van der Waals surface area contributed by atoms with E-state index in [1.807, 2.05) is 44.3 Å². The molecule has 0 bridgehead atoms. The van der Waals surface area contributed by atoms with Gasteiger partial charge in [0.2, 0.25) is 0 Å². The van der Waals surface area contributed by atoms with Crippen molar-refractivity contribution in [2.45, 2.75) is 38.9 Å². The number of pyridine rings is 2. The molecule has 0 unspecified atom stereocenters. The summed E-state index contributed by atoms with van der Waals surface area (Å²) in [5, 5.41) is 5.96. The first kappa shape index (κ1) is 27.3. The zero-order chi connectivity index (χ0) is 28.4. The van der Waals surface area contributed by atoms with Gasteiger partial charge < -0.3 is 15.5 Å². The molecule has 2 aliphatic heterocycles. The van der Waals surface area contributed by atoms with E-state index in [9.17, 15) is 14.0 Å². The van der Waals surface area contributed by atoms with Crippen molar-refractivity contribution in [3.8, 4) is 0 Å². The molecule has 206 valence electrons. The maximum atomic E-state index is 14.4. The number of anilines is 1. The average Bonchev–Trinajstić information content (AvgIpc) is 2.93. The summed E-state index contributed by atoms with van der Waals surface area (Å²) >= 11 is 0. The Kier molecular flexibility index (Phi) is 7.58. The zero-order valence-corrected chi connectivity index (χ0v) is 23.2. The quantitative estimate of drug-likeness (QED) is 0.458. The first-order valence-corrected chi connectivity index (χ1v) is 13.4. The Morgan fingerprint density at radius 2 is 1.80 bits per heavy atom. The summed E-state index contributed by atoms with van der Waals surface area (Å²) in [7, 11) is 2.02. The molecule has 9 heteroatoms. The predicted molar refractivity (Wildman–Crippen MR) is 154 cm³/mol. The fourth-order valence-electron chi connectivity index (χ4n) is 4.88. The van der Waals surface area contributed by atoms with Gasteiger partial charge in [-0.25, -0.2) is 4.39 Å². The fourth-order valence-corrected chi connectivity index (χ4v) is 4.88. The van der Waals surface area contributed by atoms with Crippen LogP contribution in [0.25, 0.3) is 5.57 Å². The van der Waals surface area contributed by atoms with Crippen LogP contribution < -0.4 is 10.6 Å². The number of likely N-dealkylation sites (N-methyl/N-ethyl adjacent to an activating group) is 1. The molecular weight excluding hydrogens is 507 g/mol. The van der Waals surface area contributed by atoms with Crippen LogP contribution in [0, 0.1) is 6.92 Å². The van der Waals surface area contributed by atoms with E-state index in [1.165, 1.54) is 26.1 Å². The fraction of sp³-hybridized carbons (Fsp3) is 0.323. The van der Waals surface area contributed by atoms with Crippen molar-refractivity contribution >= 4 is 28.8 Å². The van der Waals surface area contributed by atoms with E-state index >= 15 is 0 Å². The standard InChI is InChI=1S/C31H33FN6O2/c1-19-5-6-23(36-29(39)22-9-12-35-28(15-22)31(2,3)32)16-25(19)20-7-10-33-26(13-20)21-8-11-34-27(14-21)30(40)37-24-17-38(4)18-24/h5-6,8-9,11-16,24H,7,10,17-18H2,1-4H3,(H,36,39)(H,37,40). The molecule has 1 saturated heterocycles. The molecule has 0 spiro atoms. The minimum atomic E-state index is -1.65. The molecule has 4 heterocycles. The smallest absolute Gasteiger partial charge is 0.270 e. The first-order chi connectivity index (χ1) is 19.1. The lowest BCUT2D eigenvalue weighted by Crippen LogP contribution is -2.57. The van der Waals surface area contributed by atoms with E-state index in [0.717, 1.165) is 47.5 Å². The number of aromatic nitrogens is 2. The topological polar surface area (TPSA) is 99.6 Å². The predicted octanol–water partition coefficient (Wildman–Crippen LogP) is 4.56. The van der Waals surface area contributed by atoms with Crippen molar-refractivity contribution in [1.82, 2.24) is 20.2 Å². The van der Waals surface area contributed by atoms with Crippen LogP contribution in [-0.4, -0.2) is 65.1 Å². The molecule has 2 aliphatic rings. The van der Waals surface area contributed by atoms with E-state index in [0.29, 0.717) is 23.5 Å². The molecule has 1 fully saturated rings. The van der Waals surface area contributed by atoms with E-state index in [2.05, 4.69) is 25.5 Å². The van der Waals surface area contributed by atoms with Crippen molar-refractivity contribution < 1.29 is 14.0 Å². The third kappa shape index (κ3) is 6.15. The molecule has 40 heavy (non-hydrogen) atoms. The van der Waals surface area contributed by atoms with Crippen LogP contribution in [0.2, 0.25) is 0 Å². The number of amides is 2. The number of aryl methyl sites for hydroxylation is 1. The van der Waals surface area contributed by atoms with Crippen LogP contribution in [0.1, 0.15) is 63.5 Å². The molecule has 1 aromatic carbocycles. The van der Waals surface area contributed by atoms with Crippen LogP contribution >= 0.6 is 0 Å². The highest BCUT2D eigenvalue weighted by atomic mass is 19.1. The summed E-state index contributed by atoms with van der Waals surface area (Å²) in [6.07, 6.45) is 5.86. The third-order valence-corrected chi connectivity index (χ3v) is 7.13. The van der Waals surface area contributed by atoms with Gasteiger partial charge in [-0.1, -0.05) is 6.07 Å². The van der Waals surface area contributed by atoms with Gasteiger partial charge in [-0.15, -0.1) is 0 Å². The second-order valence-electron chi connectivity index (χ2n) is 10.9. The number of dihydropyridines is 1. The van der Waals surface area contributed by atoms with Crippen LogP contribution in [0.15, 0.2) is 65.9 Å². The molecule has 0 saturated carbocycles. The zero-order valence-electron chi connectivity index (χ0n) is 23.2. The Balaban J connectivity index is 1.34. The number of nitrogens with one attached hydrogen (secondary N) is 2. The SMILES string of the molecule is Cc1ccc(NC(=O)c2ccnc(C(C)(C)F)c2)cc1C1=CC(c2ccnc(C(=O)NC3CN(C)C3)c2)=NCC1. The number of carbonyl (C=O) groups is 2. The maximum Gasteiger partial charge on any atom is 0.270 e. The number of likely N-dealkylation sites (tertiary alicyclic amines) is 1. The van der Waals surface area contributed by atoms with E-state index in [4.69, 9.17) is 4.99 Å². The highest BCUT2D eigenvalue weighted by Crippen LogP contribution is 2.29. The van der Waals surface area contributed by atoms with Gasteiger partial charge in [-0.3, -0.25) is 24.5 Å². The van der Waals surface area contributed by atoms with Gasteiger partial charge in [0.25, 0.3) is 11.8 Å². The number of hydrogen-bond acceptors (Lipinski definition) is 6. The summed E-state index contributed by atoms with van der Waals surface area (Å²) in [5.74, 6) is -0.519. The number of benzene rings is 1. The van der Waals surface area contributed by atoms with Gasteiger partial charge in [0.1, 0.15) is 11.4 Å². The number of aliphatic imine (C=N–C) groups is 1. The van der Waals surface area contributed by atoms with Crippen molar-refractivity contribution in [3.63, 3.8) is 0 Å². The van der Waals surface area contributed by atoms with Gasteiger partial charge in [-0.05, 0) is 93.4 Å². The summed E-state index contributed by atoms with van der Waals surface area (Å²) in [6.45, 7) is 7.13. The molecule has 2 N–H and O–H groups in total. The Labute approximate surface area is 233 Å². The van der Waals surface area contributed by atoms with Gasteiger partial charge in [0, 0.05) is 48.8 Å². The van der Waals surface area contributed by atoms with E-state index in [1.54, 1.807) is 18.3 Å². The lowest BCUT2D eigenvalue weighted by atomic mass is 9.93. The second kappa shape index (κ2) is 11.1. The maximum absolute atomic E-state index is 14.4. The third-order valence-electron chi connectivity index (χ3n) is 7.13. The number of halogens is 1. The first-order valence-electron chi connectivity index (χ1n) is 13.4. The van der Waals surface area contributed by atoms with Gasteiger partial charge in [0.15, 0.2) is 0 Å². The van der Waals surface area contributed by atoms with Crippen molar-refractivity contribution in [2.75, 3.05) is 32.0 Å². The van der Waals surface area contributed by atoms with Gasteiger partial charge in [0.05, 0.1) is 17.4 Å². The number of allylic oxidation sites excluding steroid dienone is 1. The van der Waals surface area contributed by atoms with E-state index < -0.39 is 5.67 Å². The van der Waals surface area contributed by atoms with Crippen LogP contribution in [0.3, 0.4) is 0 Å². The molecule has 0 radical (unpaired) electrons. The second-order valence-corrected chi connectivity index (χ2v) is 10.9.